The Morgan fingerprint density at radius 3 is 2.06 bits per heavy atom. The molecule has 0 aliphatic carbocycles. The first-order chi connectivity index (χ1) is 13.4. The average Bonchev–Trinajstić information content (AvgIpc) is 2.86. The van der Waals surface area contributed by atoms with E-state index in [-0.39, 0.29) is 64.1 Å². The van der Waals surface area contributed by atoms with Crippen LogP contribution in [0.25, 0.3) is 11.0 Å². The Balaban J connectivity index is 0. The summed E-state index contributed by atoms with van der Waals surface area (Å²) in [5, 5.41) is 6.46. The van der Waals surface area contributed by atoms with Gasteiger partial charge in [0.1, 0.15) is 5.82 Å². The molecule has 2 heterocycles. The third-order valence-electron chi connectivity index (χ3n) is 6.99. The van der Waals surface area contributed by atoms with E-state index in [2.05, 4.69) is 63.7 Å². The summed E-state index contributed by atoms with van der Waals surface area (Å²) >= 11 is 0. The summed E-state index contributed by atoms with van der Waals surface area (Å²) < 4.78 is 25.8. The maximum atomic E-state index is 11.8. The van der Waals surface area contributed by atoms with Gasteiger partial charge in [-0.15, -0.1) is 12.0 Å². The fourth-order valence-corrected chi connectivity index (χ4v) is 5.48. The first-order valence-corrected chi connectivity index (χ1v) is 12.2. The Morgan fingerprint density at radius 1 is 1.09 bits per heavy atom. The van der Waals surface area contributed by atoms with Gasteiger partial charge in [0.2, 0.25) is 10.0 Å². The van der Waals surface area contributed by atoms with Crippen LogP contribution in [0, 0.1) is 42.6 Å². The van der Waals surface area contributed by atoms with Crippen LogP contribution in [0.4, 0.5) is 0 Å². The minimum Gasteiger partial charge on any atom is -0.466 e. The fraction of sp³-hybridized carbons (Fsp3) is 0.680. The van der Waals surface area contributed by atoms with Gasteiger partial charge in [0.15, 0.2) is 0 Å². The van der Waals surface area contributed by atoms with Crippen LogP contribution in [0.3, 0.4) is 0 Å². The van der Waals surface area contributed by atoms with Crippen molar-refractivity contribution in [3.05, 3.63) is 35.7 Å². The Bertz CT molecular complexity index is 1040. The van der Waals surface area contributed by atoms with E-state index < -0.39 is 15.4 Å². The molecule has 2 aromatic rings. The number of hydrogen-bond acceptors (Lipinski definition) is 4. The van der Waals surface area contributed by atoms with Crippen molar-refractivity contribution in [1.29, 1.82) is 0 Å². The minimum atomic E-state index is -3.58. The van der Waals surface area contributed by atoms with Crippen molar-refractivity contribution >= 4 is 21.1 Å². The van der Waals surface area contributed by atoms with Gasteiger partial charge in [-0.2, -0.15) is 12.3 Å². The number of fused-ring (bicyclic) bond motifs is 1. The van der Waals surface area contributed by atoms with E-state index in [1.807, 2.05) is 27.7 Å². The van der Waals surface area contributed by atoms with E-state index >= 15 is 0 Å². The summed E-state index contributed by atoms with van der Waals surface area (Å²) in [6, 6.07) is 2.15. The number of primary sulfonamides is 1. The average molecular weight is 556 g/mol. The molecule has 0 amide bonds. The zero-order valence-corrected chi connectivity index (χ0v) is 24.4. The summed E-state index contributed by atoms with van der Waals surface area (Å²) in [5.41, 5.74) is 1.92. The van der Waals surface area contributed by atoms with Crippen molar-refractivity contribution in [2.45, 2.75) is 90.5 Å². The number of nitrogens with zero attached hydrogens (tertiary/aromatic N) is 3. The van der Waals surface area contributed by atoms with E-state index in [0.717, 1.165) is 40.6 Å². The molecule has 0 spiro atoms. The van der Waals surface area contributed by atoms with Crippen LogP contribution >= 0.6 is 0 Å². The van der Waals surface area contributed by atoms with Gasteiger partial charge < -0.3 is 10.5 Å². The molecular formula is C25H46N4O2SY-2. The molecule has 0 aliphatic heterocycles. The first kappa shape index (κ1) is 34.7. The molecule has 0 aromatic carbocycles. The molecule has 0 atom stereocenters. The second-order valence-electron chi connectivity index (χ2n) is 10.3. The number of nitrogens with two attached hydrogens (primary N) is 1. The van der Waals surface area contributed by atoms with Crippen LogP contribution in [0.2, 0.25) is 0 Å². The summed E-state index contributed by atoms with van der Waals surface area (Å²) in [6.07, 6.45) is 0.854. The predicted octanol–water partition coefficient (Wildman–Crippen LogP) is 5.85. The van der Waals surface area contributed by atoms with E-state index in [9.17, 15) is 8.42 Å². The standard InChI is InChI=1S/C23H38N4O2S.2CH4.Y/c1-11-19-18-12-15(2)27(20(18)26-17(4)25-19)13-22(7,8)23(9,10)16(3)21(5,6)14-30(24,28)29;;;/h12-13H,11,14H2,1-10H3,(H2,24,28,29);2*1H4;/q-2;;;. The van der Waals surface area contributed by atoms with Crippen molar-refractivity contribution in [1.82, 2.24) is 14.5 Å². The second kappa shape index (κ2) is 11.5. The Morgan fingerprint density at radius 2 is 1.61 bits per heavy atom. The van der Waals surface area contributed by atoms with E-state index in [1.165, 1.54) is 0 Å². The Hall–Kier alpha value is -0.496. The zero-order valence-electron chi connectivity index (χ0n) is 20.8. The molecule has 0 fully saturated rings. The van der Waals surface area contributed by atoms with Gasteiger partial charge in [0, 0.05) is 49.8 Å². The molecule has 8 heteroatoms. The van der Waals surface area contributed by atoms with Gasteiger partial charge in [-0.1, -0.05) is 87.4 Å². The third-order valence-corrected chi connectivity index (χ3v) is 8.11. The molecule has 0 bridgehead atoms. The smallest absolute Gasteiger partial charge is 0.207 e. The van der Waals surface area contributed by atoms with Gasteiger partial charge in [-0.25, -0.2) is 18.5 Å². The Kier molecular flexibility index (Phi) is 12.1. The fourth-order valence-electron chi connectivity index (χ4n) is 4.26. The van der Waals surface area contributed by atoms with Gasteiger partial charge in [-0.05, 0) is 18.7 Å². The molecule has 6 nitrogen and oxygen atoms in total. The molecule has 33 heavy (non-hydrogen) atoms. The van der Waals surface area contributed by atoms with Crippen LogP contribution < -0.4 is 5.14 Å². The summed E-state index contributed by atoms with van der Waals surface area (Å²) in [6.45, 7) is 23.0. The van der Waals surface area contributed by atoms with Crippen molar-refractivity contribution in [3.63, 3.8) is 0 Å². The number of aryl methyl sites for hydroxylation is 3. The number of hydrogen-bond donors (Lipinski definition) is 1. The first-order valence-electron chi connectivity index (χ1n) is 10.5. The Labute approximate surface area is 228 Å². The quantitative estimate of drug-likeness (QED) is 0.414. The number of rotatable bonds is 8. The van der Waals surface area contributed by atoms with Crippen LogP contribution in [0.5, 0.6) is 0 Å². The van der Waals surface area contributed by atoms with Crippen molar-refractivity contribution in [2.24, 2.45) is 21.4 Å². The SMILES string of the molecule is C.C.CCc1nc(C)nc2c1cc(C)n2[CH-]C(C)(C)C(C)(C)[C-](C)C(C)(C)CS(N)(=O)=O.[Y]. The summed E-state index contributed by atoms with van der Waals surface area (Å²) in [7, 11) is -3.58. The topological polar surface area (TPSA) is 90.9 Å². The maximum Gasteiger partial charge on any atom is 0.207 e. The third kappa shape index (κ3) is 7.25. The molecule has 2 rings (SSSR count). The van der Waals surface area contributed by atoms with Crippen molar-refractivity contribution < 1.29 is 41.1 Å². The van der Waals surface area contributed by atoms with Crippen LogP contribution in [-0.2, 0) is 49.2 Å². The molecule has 2 N–H and O–H groups in total. The number of sulfonamides is 1. The molecule has 0 aliphatic rings. The van der Waals surface area contributed by atoms with Gasteiger partial charge >= 0.3 is 0 Å². The maximum absolute atomic E-state index is 11.8. The molecule has 0 saturated heterocycles. The zero-order chi connectivity index (χ0) is 23.3. The summed E-state index contributed by atoms with van der Waals surface area (Å²) in [5.74, 6) is 1.78. The van der Waals surface area contributed by atoms with E-state index in [1.54, 1.807) is 0 Å². The molecule has 0 saturated carbocycles. The van der Waals surface area contributed by atoms with Gasteiger partial charge in [0.05, 0.1) is 0 Å². The molecule has 1 radical (unpaired) electrons. The molecule has 189 valence electrons. The second-order valence-corrected chi connectivity index (χ2v) is 11.9. The minimum absolute atomic E-state index is 0. The number of aromatic nitrogens is 3. The predicted molar refractivity (Wildman–Crippen MR) is 138 cm³/mol. The van der Waals surface area contributed by atoms with Crippen LogP contribution in [0.1, 0.15) is 87.5 Å². The molecular weight excluding hydrogens is 509 g/mol. The van der Waals surface area contributed by atoms with Crippen LogP contribution in [-0.4, -0.2) is 28.7 Å². The molecule has 2 aromatic heterocycles. The van der Waals surface area contributed by atoms with E-state index in [4.69, 9.17) is 10.1 Å². The van der Waals surface area contributed by atoms with E-state index in [0.29, 0.717) is 0 Å². The molecule has 0 unspecified atom stereocenters. The largest absolute Gasteiger partial charge is 0.466 e. The normalized spacial score (nSPS) is 12.7. The van der Waals surface area contributed by atoms with Crippen molar-refractivity contribution in [3.8, 4) is 0 Å². The van der Waals surface area contributed by atoms with Crippen molar-refractivity contribution in [2.75, 3.05) is 5.75 Å². The van der Waals surface area contributed by atoms with Crippen LogP contribution in [0.15, 0.2) is 6.07 Å². The monoisotopic (exact) mass is 555 g/mol. The van der Waals surface area contributed by atoms with Gasteiger partial charge in [0.25, 0.3) is 0 Å². The van der Waals surface area contributed by atoms with Gasteiger partial charge in [-0.3, -0.25) is 4.98 Å². The summed E-state index contributed by atoms with van der Waals surface area (Å²) in [4.78, 5) is 9.33.